The summed E-state index contributed by atoms with van der Waals surface area (Å²) in [4.78, 5) is 34.5. The van der Waals surface area contributed by atoms with E-state index < -0.39 is 16.8 Å². The molecule has 7 nitrogen and oxygen atoms in total. The molecule has 2 aromatic carbocycles. The second kappa shape index (κ2) is 8.24. The molecule has 0 aromatic heterocycles. The fraction of sp³-hybridized carbons (Fsp3) is 0.263. The zero-order valence-electron chi connectivity index (χ0n) is 14.8. The van der Waals surface area contributed by atoms with Crippen LogP contribution in [0, 0.1) is 10.1 Å². The molecule has 0 unspecified atom stereocenters. The van der Waals surface area contributed by atoms with Gasteiger partial charge in [0.1, 0.15) is 0 Å². The van der Waals surface area contributed by atoms with Gasteiger partial charge < -0.3 is 10.1 Å². The maximum atomic E-state index is 12.4. The Balaban J connectivity index is 2.27. The Labute approximate surface area is 151 Å². The number of non-ortho nitro benzene ring substituents is 1. The van der Waals surface area contributed by atoms with Gasteiger partial charge in [0.2, 0.25) is 0 Å². The largest absolute Gasteiger partial charge is 0.465 e. The van der Waals surface area contributed by atoms with Crippen molar-refractivity contribution in [3.8, 4) is 0 Å². The van der Waals surface area contributed by atoms with Crippen molar-refractivity contribution in [1.29, 1.82) is 0 Å². The van der Waals surface area contributed by atoms with Crippen LogP contribution in [0.2, 0.25) is 0 Å². The third-order valence-corrected chi connectivity index (χ3v) is 4.16. The molecule has 2 aromatic rings. The smallest absolute Gasteiger partial charge is 0.338 e. The lowest BCUT2D eigenvalue weighted by atomic mass is 9.98. The van der Waals surface area contributed by atoms with Crippen molar-refractivity contribution in [3.63, 3.8) is 0 Å². The van der Waals surface area contributed by atoms with Crippen LogP contribution in [0.3, 0.4) is 0 Å². The Hall–Kier alpha value is -3.22. The number of hydrogen-bond acceptors (Lipinski definition) is 5. The predicted molar refractivity (Wildman–Crippen MR) is 97.5 cm³/mol. The maximum Gasteiger partial charge on any atom is 0.338 e. The molecule has 7 heteroatoms. The number of ether oxygens (including phenoxy) is 1. The zero-order valence-corrected chi connectivity index (χ0v) is 14.8. The second-order valence-corrected chi connectivity index (χ2v) is 5.90. The quantitative estimate of drug-likeness (QED) is 0.476. The van der Waals surface area contributed by atoms with E-state index in [2.05, 4.69) is 23.9 Å². The van der Waals surface area contributed by atoms with Gasteiger partial charge in [0.15, 0.2) is 0 Å². The van der Waals surface area contributed by atoms with E-state index in [1.54, 1.807) is 12.1 Å². The minimum absolute atomic E-state index is 0.00519. The van der Waals surface area contributed by atoms with Crippen molar-refractivity contribution in [2.75, 3.05) is 12.4 Å². The Morgan fingerprint density at radius 3 is 2.31 bits per heavy atom. The molecule has 0 saturated carbocycles. The highest BCUT2D eigenvalue weighted by Crippen LogP contribution is 2.22. The van der Waals surface area contributed by atoms with Gasteiger partial charge in [0.25, 0.3) is 11.6 Å². The van der Waals surface area contributed by atoms with E-state index in [0.717, 1.165) is 24.1 Å². The van der Waals surface area contributed by atoms with Crippen LogP contribution in [0.5, 0.6) is 0 Å². The Kier molecular flexibility index (Phi) is 6.06. The molecule has 0 saturated heterocycles. The van der Waals surface area contributed by atoms with Crippen molar-refractivity contribution in [2.45, 2.75) is 26.2 Å². The Morgan fingerprint density at radius 1 is 1.15 bits per heavy atom. The topological polar surface area (TPSA) is 98.5 Å². The van der Waals surface area contributed by atoms with E-state index in [4.69, 9.17) is 0 Å². The molecule has 1 amide bonds. The van der Waals surface area contributed by atoms with Gasteiger partial charge in [-0.05, 0) is 36.1 Å². The minimum Gasteiger partial charge on any atom is -0.465 e. The minimum atomic E-state index is -0.749. The lowest BCUT2D eigenvalue weighted by Gasteiger charge is -2.11. The molecular weight excluding hydrogens is 336 g/mol. The number of nitrogens with zero attached hydrogens (tertiary/aromatic N) is 1. The van der Waals surface area contributed by atoms with Crippen molar-refractivity contribution < 1.29 is 19.2 Å². The van der Waals surface area contributed by atoms with Crippen LogP contribution in [-0.4, -0.2) is 23.9 Å². The number of hydrogen-bond donors (Lipinski definition) is 1. The number of nitro groups is 1. The molecule has 1 N–H and O–H groups in total. The molecule has 0 aliphatic rings. The summed E-state index contributed by atoms with van der Waals surface area (Å²) in [6, 6.07) is 10.9. The van der Waals surface area contributed by atoms with Gasteiger partial charge in [-0.15, -0.1) is 0 Å². The molecule has 0 fully saturated rings. The lowest BCUT2D eigenvalue weighted by molar-refractivity contribution is -0.384. The first-order chi connectivity index (χ1) is 12.3. The fourth-order valence-corrected chi connectivity index (χ4v) is 2.42. The van der Waals surface area contributed by atoms with E-state index in [1.807, 2.05) is 12.1 Å². The molecular formula is C19H20N2O5. The van der Waals surface area contributed by atoms with Crippen LogP contribution >= 0.6 is 0 Å². The number of nitrogens with one attached hydrogen (secondary N) is 1. The average molecular weight is 356 g/mol. The van der Waals surface area contributed by atoms with Crippen LogP contribution in [0.25, 0.3) is 0 Å². The first kappa shape index (κ1) is 19.1. The molecule has 0 spiro atoms. The molecule has 0 radical (unpaired) electrons. The fourth-order valence-electron chi connectivity index (χ4n) is 2.42. The number of carbonyl (C=O) groups is 2. The number of esters is 1. The summed E-state index contributed by atoms with van der Waals surface area (Å²) in [6.45, 7) is 4.21. The molecule has 2 rings (SSSR count). The highest BCUT2D eigenvalue weighted by atomic mass is 16.6. The second-order valence-electron chi connectivity index (χ2n) is 5.90. The Morgan fingerprint density at radius 2 is 1.77 bits per heavy atom. The number of methoxy groups -OCH3 is 1. The third-order valence-electron chi connectivity index (χ3n) is 4.16. The van der Waals surface area contributed by atoms with Gasteiger partial charge in [0.05, 0.1) is 17.6 Å². The number of nitro benzene ring substituents is 1. The summed E-state index contributed by atoms with van der Waals surface area (Å²) < 4.78 is 4.58. The average Bonchev–Trinajstić information content (AvgIpc) is 2.66. The number of carbonyl (C=O) groups excluding carboxylic acids is 2. The van der Waals surface area contributed by atoms with Crippen LogP contribution in [-0.2, 0) is 4.74 Å². The van der Waals surface area contributed by atoms with Gasteiger partial charge in [-0.2, -0.15) is 0 Å². The van der Waals surface area contributed by atoms with Crippen molar-refractivity contribution in [1.82, 2.24) is 0 Å². The van der Waals surface area contributed by atoms with E-state index in [1.165, 1.54) is 13.2 Å². The van der Waals surface area contributed by atoms with Gasteiger partial charge in [-0.25, -0.2) is 4.79 Å². The molecule has 0 bridgehead atoms. The normalized spacial score (nSPS) is 11.5. The highest BCUT2D eigenvalue weighted by molar-refractivity contribution is 6.06. The van der Waals surface area contributed by atoms with E-state index in [0.29, 0.717) is 11.6 Å². The van der Waals surface area contributed by atoms with Crippen LogP contribution in [0.4, 0.5) is 11.4 Å². The van der Waals surface area contributed by atoms with Gasteiger partial charge in [0, 0.05) is 23.4 Å². The molecule has 26 heavy (non-hydrogen) atoms. The first-order valence-corrected chi connectivity index (χ1v) is 8.14. The molecule has 0 heterocycles. The summed E-state index contributed by atoms with van der Waals surface area (Å²) >= 11 is 0. The zero-order chi connectivity index (χ0) is 19.3. The van der Waals surface area contributed by atoms with E-state index in [-0.39, 0.29) is 16.8 Å². The lowest BCUT2D eigenvalue weighted by Crippen LogP contribution is -2.14. The van der Waals surface area contributed by atoms with Crippen LogP contribution in [0.15, 0.2) is 42.5 Å². The molecule has 1 atom stereocenters. The molecule has 136 valence electrons. The number of benzene rings is 2. The maximum absolute atomic E-state index is 12.4. The van der Waals surface area contributed by atoms with Crippen LogP contribution in [0.1, 0.15) is 52.5 Å². The van der Waals surface area contributed by atoms with Gasteiger partial charge in [-0.1, -0.05) is 26.0 Å². The number of rotatable bonds is 6. The number of anilines is 1. The molecule has 0 aliphatic carbocycles. The predicted octanol–water partition coefficient (Wildman–Crippen LogP) is 4.15. The summed E-state index contributed by atoms with van der Waals surface area (Å²) in [5.74, 6) is -0.880. The summed E-state index contributed by atoms with van der Waals surface area (Å²) in [5.41, 5.74) is 1.32. The summed E-state index contributed by atoms with van der Waals surface area (Å²) in [5, 5.41) is 13.7. The summed E-state index contributed by atoms with van der Waals surface area (Å²) in [7, 11) is 1.17. The van der Waals surface area contributed by atoms with E-state index >= 15 is 0 Å². The SMILES string of the molecule is CC[C@@H](C)c1ccc(NC(=O)c2cc(C(=O)OC)cc([N+](=O)[O-])c2)cc1. The van der Waals surface area contributed by atoms with E-state index in [9.17, 15) is 19.7 Å². The Bertz CT molecular complexity index is 830. The standard InChI is InChI=1S/C19H20N2O5/c1-4-12(2)13-5-7-16(8-6-13)20-18(22)14-9-15(19(23)26-3)11-17(10-14)21(24)25/h5-12H,4H2,1-3H3,(H,20,22)/t12-/m1/s1. The first-order valence-electron chi connectivity index (χ1n) is 8.14. The van der Waals surface area contributed by atoms with Gasteiger partial charge in [-0.3, -0.25) is 14.9 Å². The van der Waals surface area contributed by atoms with Crippen LogP contribution < -0.4 is 5.32 Å². The van der Waals surface area contributed by atoms with Crippen molar-refractivity contribution in [3.05, 3.63) is 69.3 Å². The molecule has 0 aliphatic heterocycles. The monoisotopic (exact) mass is 356 g/mol. The highest BCUT2D eigenvalue weighted by Gasteiger charge is 2.18. The number of amides is 1. The third kappa shape index (κ3) is 4.44. The van der Waals surface area contributed by atoms with Gasteiger partial charge >= 0.3 is 5.97 Å². The van der Waals surface area contributed by atoms with Crippen molar-refractivity contribution in [2.24, 2.45) is 0 Å². The summed E-state index contributed by atoms with van der Waals surface area (Å²) in [6.07, 6.45) is 1.01. The van der Waals surface area contributed by atoms with Crippen molar-refractivity contribution >= 4 is 23.3 Å².